The quantitative estimate of drug-likeness (QED) is 0.0371. The van der Waals surface area contributed by atoms with Crippen molar-refractivity contribution in [2.45, 2.75) is 103 Å². The fraction of sp³-hybridized carbons (Fsp3) is 0.697. The van der Waals surface area contributed by atoms with Crippen molar-refractivity contribution in [3.63, 3.8) is 0 Å². The van der Waals surface area contributed by atoms with Crippen molar-refractivity contribution >= 4 is 25.8 Å². The van der Waals surface area contributed by atoms with E-state index in [4.69, 9.17) is 18.5 Å². The second-order valence-electron chi connectivity index (χ2n) is 12.1. The van der Waals surface area contributed by atoms with Crippen LogP contribution >= 0.6 is 7.82 Å². The normalized spacial score (nSPS) is 14.0. The number of carbonyl (C=O) groups is 2. The standard InChI is InChI=1S/C33H56NO8P/c1-5-6-7-8-9-10-11-12-13-14-15-16-20-23-33(36)42-31(29-41-43(37,38)40-27-26-34(2,3)4)28-39-32(35)25-24-30-21-18-17-19-22-30/h17-19,21-22,24-25,31H,5-16,20,23,26-29H2,1-4H3/p+1/t31-/m1/s1. The minimum absolute atomic E-state index is 0.0139. The third-order valence-electron chi connectivity index (χ3n) is 6.85. The number of phosphoric ester groups is 1. The molecule has 1 rings (SSSR count). The lowest BCUT2D eigenvalue weighted by molar-refractivity contribution is -0.870. The van der Waals surface area contributed by atoms with Gasteiger partial charge in [0.15, 0.2) is 6.10 Å². The van der Waals surface area contributed by atoms with Gasteiger partial charge in [-0.25, -0.2) is 9.36 Å². The van der Waals surface area contributed by atoms with Gasteiger partial charge in [0.2, 0.25) is 0 Å². The summed E-state index contributed by atoms with van der Waals surface area (Å²) in [4.78, 5) is 34.8. The largest absolute Gasteiger partial charge is 0.472 e. The summed E-state index contributed by atoms with van der Waals surface area (Å²) >= 11 is 0. The van der Waals surface area contributed by atoms with Crippen LogP contribution in [0.5, 0.6) is 0 Å². The first-order chi connectivity index (χ1) is 20.5. The number of hydrogen-bond donors (Lipinski definition) is 1. The molecule has 9 nitrogen and oxygen atoms in total. The van der Waals surface area contributed by atoms with E-state index in [0.717, 1.165) is 24.8 Å². The summed E-state index contributed by atoms with van der Waals surface area (Å²) in [7, 11) is 1.41. The maximum Gasteiger partial charge on any atom is 0.472 e. The molecule has 0 aromatic heterocycles. The number of ether oxygens (including phenoxy) is 2. The number of hydrogen-bond acceptors (Lipinski definition) is 7. The van der Waals surface area contributed by atoms with E-state index in [-0.39, 0.29) is 19.6 Å². The van der Waals surface area contributed by atoms with E-state index in [1.165, 1.54) is 63.9 Å². The number of unbranched alkanes of at least 4 members (excludes halogenated alkanes) is 12. The molecule has 1 aromatic carbocycles. The number of benzene rings is 1. The Bertz CT molecular complexity index is 948. The van der Waals surface area contributed by atoms with Gasteiger partial charge in [-0.3, -0.25) is 13.8 Å². The lowest BCUT2D eigenvalue weighted by atomic mass is 10.0. The second kappa shape index (κ2) is 23.4. The van der Waals surface area contributed by atoms with Crippen LogP contribution in [0.2, 0.25) is 0 Å². The van der Waals surface area contributed by atoms with E-state index in [1.807, 2.05) is 51.5 Å². The van der Waals surface area contributed by atoms with Gasteiger partial charge in [-0.15, -0.1) is 0 Å². The average Bonchev–Trinajstić information content (AvgIpc) is 2.95. The van der Waals surface area contributed by atoms with Crippen molar-refractivity contribution in [1.29, 1.82) is 0 Å². The zero-order valence-electron chi connectivity index (χ0n) is 27.0. The SMILES string of the molecule is CCCCCCCCCCCCCCCC(=O)O[C@H](COC(=O)C=Cc1ccccc1)COP(=O)(O)OCC[N+](C)(C)C. The molecule has 10 heteroatoms. The van der Waals surface area contributed by atoms with Crippen molar-refractivity contribution < 1.29 is 42.1 Å². The Morgan fingerprint density at radius 1 is 0.837 bits per heavy atom. The first-order valence-electron chi connectivity index (χ1n) is 16.0. The molecule has 0 heterocycles. The van der Waals surface area contributed by atoms with Crippen molar-refractivity contribution in [1.82, 2.24) is 0 Å². The molecule has 0 saturated carbocycles. The molecule has 0 amide bonds. The number of rotatable bonds is 26. The highest BCUT2D eigenvalue weighted by Gasteiger charge is 2.26. The molecule has 0 radical (unpaired) electrons. The monoisotopic (exact) mass is 626 g/mol. The Morgan fingerprint density at radius 3 is 1.95 bits per heavy atom. The molecule has 246 valence electrons. The number of carbonyl (C=O) groups excluding carboxylic acids is 2. The number of nitrogens with zero attached hydrogens (tertiary/aromatic N) is 1. The molecular weight excluding hydrogens is 569 g/mol. The maximum atomic E-state index is 12.5. The highest BCUT2D eigenvalue weighted by Crippen LogP contribution is 2.43. The van der Waals surface area contributed by atoms with E-state index < -0.39 is 32.5 Å². The average molecular weight is 627 g/mol. The number of esters is 2. The Hall–Kier alpha value is -2.03. The molecule has 43 heavy (non-hydrogen) atoms. The van der Waals surface area contributed by atoms with E-state index in [2.05, 4.69) is 6.92 Å². The molecule has 0 spiro atoms. The predicted molar refractivity (Wildman–Crippen MR) is 171 cm³/mol. The molecule has 1 unspecified atom stereocenters. The van der Waals surface area contributed by atoms with E-state index in [0.29, 0.717) is 17.4 Å². The summed E-state index contributed by atoms with van der Waals surface area (Å²) < 4.78 is 33.7. The minimum atomic E-state index is -4.38. The lowest BCUT2D eigenvalue weighted by Gasteiger charge is -2.24. The predicted octanol–water partition coefficient (Wildman–Crippen LogP) is 7.48. The van der Waals surface area contributed by atoms with E-state index in [9.17, 15) is 19.0 Å². The molecule has 2 atom stereocenters. The first-order valence-corrected chi connectivity index (χ1v) is 17.5. The fourth-order valence-corrected chi connectivity index (χ4v) is 4.99. The molecule has 0 bridgehead atoms. The smallest absolute Gasteiger partial charge is 0.458 e. The van der Waals surface area contributed by atoms with Crippen LogP contribution in [-0.4, -0.2) is 74.9 Å². The third-order valence-corrected chi connectivity index (χ3v) is 7.83. The van der Waals surface area contributed by atoms with Gasteiger partial charge in [-0.05, 0) is 18.1 Å². The summed E-state index contributed by atoms with van der Waals surface area (Å²) in [6.45, 7) is 1.99. The van der Waals surface area contributed by atoms with Gasteiger partial charge in [0.05, 0.1) is 27.7 Å². The van der Waals surface area contributed by atoms with Crippen LogP contribution in [-0.2, 0) is 32.7 Å². The Labute approximate surface area is 260 Å². The maximum absolute atomic E-state index is 12.5. The van der Waals surface area contributed by atoms with Crippen LogP contribution in [0.1, 0.15) is 102 Å². The Balaban J connectivity index is 2.42. The molecular formula is C33H57NO8P+. The summed E-state index contributed by atoms with van der Waals surface area (Å²) in [5, 5.41) is 0. The van der Waals surface area contributed by atoms with Crippen molar-refractivity contribution in [3.8, 4) is 0 Å². The molecule has 0 aliphatic rings. The zero-order chi connectivity index (χ0) is 31.8. The van der Waals surface area contributed by atoms with Crippen LogP contribution in [0, 0.1) is 0 Å². The molecule has 0 saturated heterocycles. The van der Waals surface area contributed by atoms with Crippen molar-refractivity contribution in [3.05, 3.63) is 42.0 Å². The van der Waals surface area contributed by atoms with Crippen LogP contribution < -0.4 is 0 Å². The summed E-state index contributed by atoms with van der Waals surface area (Å²) in [5.41, 5.74) is 0.829. The van der Waals surface area contributed by atoms with E-state index >= 15 is 0 Å². The Morgan fingerprint density at radius 2 is 1.40 bits per heavy atom. The van der Waals surface area contributed by atoms with Crippen LogP contribution in [0.4, 0.5) is 0 Å². The van der Waals surface area contributed by atoms with Crippen LogP contribution in [0.15, 0.2) is 36.4 Å². The molecule has 1 N–H and O–H groups in total. The molecule has 1 aromatic rings. The van der Waals surface area contributed by atoms with Crippen LogP contribution in [0.25, 0.3) is 6.08 Å². The zero-order valence-corrected chi connectivity index (χ0v) is 27.9. The number of quaternary nitrogens is 1. The lowest BCUT2D eigenvalue weighted by Crippen LogP contribution is -2.37. The van der Waals surface area contributed by atoms with Gasteiger partial charge in [0.25, 0.3) is 0 Å². The van der Waals surface area contributed by atoms with Gasteiger partial charge < -0.3 is 18.9 Å². The molecule has 0 aliphatic heterocycles. The summed E-state index contributed by atoms with van der Waals surface area (Å²) in [5.74, 6) is -1.10. The third kappa shape index (κ3) is 24.0. The van der Waals surface area contributed by atoms with E-state index in [1.54, 1.807) is 6.08 Å². The van der Waals surface area contributed by atoms with Crippen molar-refractivity contribution in [2.75, 3.05) is 47.5 Å². The van der Waals surface area contributed by atoms with Gasteiger partial charge >= 0.3 is 19.8 Å². The highest BCUT2D eigenvalue weighted by molar-refractivity contribution is 7.47. The van der Waals surface area contributed by atoms with Crippen LogP contribution in [0.3, 0.4) is 0 Å². The van der Waals surface area contributed by atoms with Gasteiger partial charge in [0.1, 0.15) is 19.8 Å². The van der Waals surface area contributed by atoms with Gasteiger partial charge in [0, 0.05) is 12.5 Å². The highest BCUT2D eigenvalue weighted by atomic mass is 31.2. The van der Waals surface area contributed by atoms with Gasteiger partial charge in [-0.2, -0.15) is 0 Å². The number of likely N-dealkylation sites (N-methyl/N-ethyl adjacent to an activating group) is 1. The van der Waals surface area contributed by atoms with Crippen molar-refractivity contribution in [2.24, 2.45) is 0 Å². The second-order valence-corrected chi connectivity index (χ2v) is 13.5. The first kappa shape index (κ1) is 39.0. The molecule has 0 aliphatic carbocycles. The van der Waals surface area contributed by atoms with Gasteiger partial charge in [-0.1, -0.05) is 114 Å². The molecule has 0 fully saturated rings. The Kier molecular flexibility index (Phi) is 21.2. The summed E-state index contributed by atoms with van der Waals surface area (Å²) in [6.07, 6.45) is 17.7. The number of phosphoric acid groups is 1. The minimum Gasteiger partial charge on any atom is -0.458 e. The topological polar surface area (TPSA) is 108 Å². The fourth-order valence-electron chi connectivity index (χ4n) is 4.24. The summed E-state index contributed by atoms with van der Waals surface area (Å²) in [6, 6.07) is 9.26.